The Bertz CT molecular complexity index is 1460. The van der Waals surface area contributed by atoms with Crippen LogP contribution in [0.5, 0.6) is 17.2 Å². The molecule has 0 spiro atoms. The number of hydrogen-bond donors (Lipinski definition) is 0. The Morgan fingerprint density at radius 2 is 1.52 bits per heavy atom. The van der Waals surface area contributed by atoms with Crippen LogP contribution in [0.3, 0.4) is 0 Å². The molecule has 0 aliphatic heterocycles. The van der Waals surface area contributed by atoms with Crippen molar-refractivity contribution in [2.24, 2.45) is 0 Å². The summed E-state index contributed by atoms with van der Waals surface area (Å²) in [6.07, 6.45) is 1.33. The van der Waals surface area contributed by atoms with E-state index in [0.717, 1.165) is 16.7 Å². The highest BCUT2D eigenvalue weighted by atomic mass is 35.5. The smallest absolute Gasteiger partial charge is 0.235 e. The molecule has 162 valence electrons. The quantitative estimate of drug-likeness (QED) is 0.267. The van der Waals surface area contributed by atoms with Crippen LogP contribution in [-0.2, 0) is 6.61 Å². The Kier molecular flexibility index (Phi) is 5.83. The normalized spacial score (nSPS) is 10.8. The number of ether oxygens (including phenoxy) is 2. The molecule has 0 fully saturated rings. The molecule has 5 aromatic rings. The third-order valence-corrected chi connectivity index (χ3v) is 5.43. The maximum Gasteiger partial charge on any atom is 0.235 e. The van der Waals surface area contributed by atoms with E-state index in [0.29, 0.717) is 34.1 Å². The summed E-state index contributed by atoms with van der Waals surface area (Å²) < 4.78 is 17.3. The van der Waals surface area contributed by atoms with Crippen LogP contribution in [0.25, 0.3) is 22.1 Å². The zero-order chi connectivity index (χ0) is 22.6. The highest BCUT2D eigenvalue weighted by Crippen LogP contribution is 2.27. The van der Waals surface area contributed by atoms with Crippen molar-refractivity contribution in [2.45, 2.75) is 6.61 Å². The highest BCUT2D eigenvalue weighted by molar-refractivity contribution is 6.30. The second-order valence-electron chi connectivity index (χ2n) is 7.50. The predicted molar refractivity (Wildman–Crippen MR) is 130 cm³/mol. The molecule has 0 aliphatic carbocycles. The Morgan fingerprint density at radius 3 is 2.30 bits per heavy atom. The summed E-state index contributed by atoms with van der Waals surface area (Å²) in [5.74, 6) is 1.28. The standard InChI is InChI=1S/C28H19ClO4/c29-22-8-4-5-19(15-22)17-31-24-13-14-25-26(16-24)32-18-27(28(25)30)33-23-11-9-21(10-12-23)20-6-2-1-3-7-20/h1-16,18H,17H2. The van der Waals surface area contributed by atoms with Crippen LogP contribution in [-0.4, -0.2) is 0 Å². The van der Waals surface area contributed by atoms with Crippen LogP contribution in [0, 0.1) is 0 Å². The van der Waals surface area contributed by atoms with E-state index < -0.39 is 0 Å². The van der Waals surface area contributed by atoms with Crippen molar-refractivity contribution < 1.29 is 13.9 Å². The summed E-state index contributed by atoms with van der Waals surface area (Å²) in [6, 6.07) is 30.2. The van der Waals surface area contributed by atoms with Gasteiger partial charge in [-0.1, -0.05) is 66.2 Å². The van der Waals surface area contributed by atoms with Crippen molar-refractivity contribution in [3.05, 3.63) is 124 Å². The van der Waals surface area contributed by atoms with Crippen molar-refractivity contribution in [3.8, 4) is 28.4 Å². The van der Waals surface area contributed by atoms with Gasteiger partial charge in [0.05, 0.1) is 5.39 Å². The Hall–Kier alpha value is -4.02. The molecule has 0 saturated heterocycles. The van der Waals surface area contributed by atoms with E-state index in [9.17, 15) is 4.79 Å². The van der Waals surface area contributed by atoms with Gasteiger partial charge in [-0.3, -0.25) is 4.79 Å². The Labute approximate surface area is 195 Å². The van der Waals surface area contributed by atoms with E-state index >= 15 is 0 Å². The van der Waals surface area contributed by atoms with Crippen molar-refractivity contribution in [1.82, 2.24) is 0 Å². The average molecular weight is 455 g/mol. The van der Waals surface area contributed by atoms with Gasteiger partial charge < -0.3 is 13.9 Å². The van der Waals surface area contributed by atoms with Crippen LogP contribution in [0.4, 0.5) is 0 Å². The van der Waals surface area contributed by atoms with E-state index in [-0.39, 0.29) is 11.2 Å². The first-order chi connectivity index (χ1) is 16.2. The molecule has 33 heavy (non-hydrogen) atoms. The van der Waals surface area contributed by atoms with Gasteiger partial charge in [-0.25, -0.2) is 0 Å². The zero-order valence-corrected chi connectivity index (χ0v) is 18.3. The lowest BCUT2D eigenvalue weighted by atomic mass is 10.1. The van der Waals surface area contributed by atoms with E-state index in [2.05, 4.69) is 0 Å². The molecular formula is C28H19ClO4. The van der Waals surface area contributed by atoms with Gasteiger partial charge in [0, 0.05) is 11.1 Å². The number of hydrogen-bond acceptors (Lipinski definition) is 4. The van der Waals surface area contributed by atoms with Crippen LogP contribution in [0.15, 0.2) is 113 Å². The molecule has 0 aliphatic rings. The molecule has 0 amide bonds. The monoisotopic (exact) mass is 454 g/mol. The highest BCUT2D eigenvalue weighted by Gasteiger charge is 2.11. The summed E-state index contributed by atoms with van der Waals surface area (Å²) in [5.41, 5.74) is 3.31. The van der Waals surface area contributed by atoms with Crippen LogP contribution in [0.2, 0.25) is 5.02 Å². The van der Waals surface area contributed by atoms with Gasteiger partial charge in [0.25, 0.3) is 0 Å². The molecule has 0 radical (unpaired) electrons. The molecule has 1 aromatic heterocycles. The molecule has 0 atom stereocenters. The minimum Gasteiger partial charge on any atom is -0.489 e. The van der Waals surface area contributed by atoms with Gasteiger partial charge >= 0.3 is 0 Å². The molecule has 5 heteroatoms. The summed E-state index contributed by atoms with van der Waals surface area (Å²) in [7, 11) is 0. The third kappa shape index (κ3) is 4.76. The molecule has 0 unspecified atom stereocenters. The SMILES string of the molecule is O=c1c(Oc2ccc(-c3ccccc3)cc2)coc2cc(OCc3cccc(Cl)c3)ccc12. The fraction of sp³-hybridized carbons (Fsp3) is 0.0357. The lowest BCUT2D eigenvalue weighted by molar-refractivity contribution is 0.306. The second-order valence-corrected chi connectivity index (χ2v) is 7.93. The first-order valence-corrected chi connectivity index (χ1v) is 10.8. The summed E-state index contributed by atoms with van der Waals surface area (Å²) in [6.45, 7) is 0.358. The van der Waals surface area contributed by atoms with Crippen LogP contribution in [0.1, 0.15) is 5.56 Å². The minimum atomic E-state index is -0.246. The predicted octanol–water partition coefficient (Wildman–Crippen LogP) is 7.48. The van der Waals surface area contributed by atoms with Gasteiger partial charge in [-0.05, 0) is 53.1 Å². The third-order valence-electron chi connectivity index (χ3n) is 5.20. The average Bonchev–Trinajstić information content (AvgIpc) is 2.85. The van der Waals surface area contributed by atoms with Crippen LogP contribution >= 0.6 is 11.6 Å². The number of halogens is 1. The van der Waals surface area contributed by atoms with Crippen molar-refractivity contribution >= 4 is 22.6 Å². The molecule has 0 N–H and O–H groups in total. The first-order valence-electron chi connectivity index (χ1n) is 10.4. The van der Waals surface area contributed by atoms with Gasteiger partial charge in [0.1, 0.15) is 30.0 Å². The molecule has 0 saturated carbocycles. The van der Waals surface area contributed by atoms with E-state index in [1.54, 1.807) is 18.2 Å². The second kappa shape index (κ2) is 9.23. The van der Waals surface area contributed by atoms with Crippen LogP contribution < -0.4 is 14.9 Å². The first kappa shape index (κ1) is 20.9. The molecule has 0 bridgehead atoms. The fourth-order valence-electron chi connectivity index (χ4n) is 3.52. The Balaban J connectivity index is 1.33. The van der Waals surface area contributed by atoms with Gasteiger partial charge in [-0.2, -0.15) is 0 Å². The minimum absolute atomic E-state index is 0.127. The maximum atomic E-state index is 12.9. The lowest BCUT2D eigenvalue weighted by Gasteiger charge is -2.09. The summed E-state index contributed by atoms with van der Waals surface area (Å²) >= 11 is 6.01. The van der Waals surface area contributed by atoms with Gasteiger partial charge in [0.2, 0.25) is 11.2 Å². The molecule has 4 aromatic carbocycles. The topological polar surface area (TPSA) is 48.7 Å². The van der Waals surface area contributed by atoms with E-state index in [4.69, 9.17) is 25.5 Å². The summed E-state index contributed by atoms with van der Waals surface area (Å²) in [5, 5.41) is 1.08. The van der Waals surface area contributed by atoms with Gasteiger partial charge in [0.15, 0.2) is 0 Å². The lowest BCUT2D eigenvalue weighted by Crippen LogP contribution is -2.05. The van der Waals surface area contributed by atoms with Crippen molar-refractivity contribution in [1.29, 1.82) is 0 Å². The Morgan fingerprint density at radius 1 is 0.758 bits per heavy atom. The number of fused-ring (bicyclic) bond motifs is 1. The molecule has 1 heterocycles. The number of benzene rings is 4. The largest absolute Gasteiger partial charge is 0.489 e. The number of rotatable bonds is 6. The van der Waals surface area contributed by atoms with Crippen molar-refractivity contribution in [2.75, 3.05) is 0 Å². The summed E-state index contributed by atoms with van der Waals surface area (Å²) in [4.78, 5) is 12.9. The van der Waals surface area contributed by atoms with E-state index in [1.165, 1.54) is 6.26 Å². The zero-order valence-electron chi connectivity index (χ0n) is 17.5. The molecular weight excluding hydrogens is 436 g/mol. The maximum absolute atomic E-state index is 12.9. The van der Waals surface area contributed by atoms with Crippen molar-refractivity contribution in [3.63, 3.8) is 0 Å². The molecule has 5 rings (SSSR count). The molecule has 4 nitrogen and oxygen atoms in total. The van der Waals surface area contributed by atoms with Gasteiger partial charge in [-0.15, -0.1) is 0 Å². The fourth-order valence-corrected chi connectivity index (χ4v) is 3.73. The van der Waals surface area contributed by atoms with E-state index in [1.807, 2.05) is 78.9 Å².